The molecule has 2 aromatic carbocycles. The number of aromatic nitrogens is 1. The van der Waals surface area contributed by atoms with Gasteiger partial charge in [-0.25, -0.2) is 4.39 Å². The average Bonchev–Trinajstić information content (AvgIpc) is 3.03. The Labute approximate surface area is 200 Å². The number of ether oxygens (including phenoxy) is 1. The molecule has 0 radical (unpaired) electrons. The van der Waals surface area contributed by atoms with E-state index in [1.165, 1.54) is 24.3 Å². The van der Waals surface area contributed by atoms with Gasteiger partial charge in [0.25, 0.3) is 11.8 Å². The van der Waals surface area contributed by atoms with Crippen LogP contribution in [-0.4, -0.2) is 28.6 Å². The Morgan fingerprint density at radius 1 is 1.12 bits per heavy atom. The van der Waals surface area contributed by atoms with E-state index in [1.807, 2.05) is 24.5 Å². The third-order valence-corrected chi connectivity index (χ3v) is 5.84. The molecule has 3 aromatic rings. The van der Waals surface area contributed by atoms with E-state index >= 15 is 0 Å². The van der Waals surface area contributed by atoms with Crippen molar-refractivity contribution in [3.63, 3.8) is 0 Å². The second-order valence-electron chi connectivity index (χ2n) is 7.42. The average molecular weight is 484 g/mol. The van der Waals surface area contributed by atoms with Crippen LogP contribution in [0, 0.1) is 19.7 Å². The third-order valence-electron chi connectivity index (χ3n) is 5.32. The quantitative estimate of drug-likeness (QED) is 0.331. The van der Waals surface area contributed by atoms with Gasteiger partial charge in [-0.1, -0.05) is 17.7 Å². The lowest BCUT2D eigenvalue weighted by atomic mass is 10.1. The Hall–Kier alpha value is -3.49. The van der Waals surface area contributed by atoms with Crippen molar-refractivity contribution in [1.29, 1.82) is 0 Å². The molecule has 0 saturated carbocycles. The molecule has 6 nitrogen and oxygen atoms in total. The number of halogens is 2. The highest BCUT2D eigenvalue weighted by atomic mass is 35.5. The van der Waals surface area contributed by atoms with Crippen molar-refractivity contribution in [1.82, 2.24) is 9.88 Å². The standard InChI is InChI=1S/C24H19ClFN3O3S/c1-13-9-15(14(2)28(13)20-11-16(25)7-8-21(20)32-3)10-19-22(30)27-24(33)29(23(19)31)18-6-4-5-17(26)12-18/h4-12H,1-3H3,(H,27,30,33)/b19-10+. The monoisotopic (exact) mass is 483 g/mol. The summed E-state index contributed by atoms with van der Waals surface area (Å²) < 4.78 is 21.1. The molecule has 2 heterocycles. The molecule has 33 heavy (non-hydrogen) atoms. The SMILES string of the molecule is COc1ccc(Cl)cc1-n1c(C)cc(/C=C2\C(=O)NC(=S)N(c3cccc(F)c3)C2=O)c1C. The van der Waals surface area contributed by atoms with E-state index in [0.29, 0.717) is 16.3 Å². The van der Waals surface area contributed by atoms with E-state index in [4.69, 9.17) is 28.6 Å². The number of hydrogen-bond donors (Lipinski definition) is 1. The van der Waals surface area contributed by atoms with Gasteiger partial charge in [0.05, 0.1) is 18.5 Å². The minimum Gasteiger partial charge on any atom is -0.495 e. The topological polar surface area (TPSA) is 63.6 Å². The van der Waals surface area contributed by atoms with Gasteiger partial charge in [0.15, 0.2) is 5.11 Å². The summed E-state index contributed by atoms with van der Waals surface area (Å²) in [6.45, 7) is 3.76. The Balaban J connectivity index is 1.80. The van der Waals surface area contributed by atoms with Gasteiger partial charge in [0, 0.05) is 16.4 Å². The number of methoxy groups -OCH3 is 1. The molecule has 1 aromatic heterocycles. The Kier molecular flexibility index (Phi) is 6.05. The van der Waals surface area contributed by atoms with Gasteiger partial charge < -0.3 is 9.30 Å². The van der Waals surface area contributed by atoms with Crippen LogP contribution in [0.15, 0.2) is 54.1 Å². The largest absolute Gasteiger partial charge is 0.495 e. The molecule has 0 unspecified atom stereocenters. The van der Waals surface area contributed by atoms with Crippen molar-refractivity contribution in [3.05, 3.63) is 81.9 Å². The van der Waals surface area contributed by atoms with Gasteiger partial charge in [-0.2, -0.15) is 0 Å². The fraction of sp³-hybridized carbons (Fsp3) is 0.125. The van der Waals surface area contributed by atoms with Crippen LogP contribution in [0.3, 0.4) is 0 Å². The molecular formula is C24H19ClFN3O3S. The summed E-state index contributed by atoms with van der Waals surface area (Å²) in [5, 5.41) is 2.94. The number of carbonyl (C=O) groups excluding carboxylic acids is 2. The zero-order chi connectivity index (χ0) is 23.9. The fourth-order valence-electron chi connectivity index (χ4n) is 3.80. The Morgan fingerprint density at radius 3 is 2.58 bits per heavy atom. The molecule has 1 saturated heterocycles. The number of aryl methyl sites for hydroxylation is 1. The van der Waals surface area contributed by atoms with Crippen molar-refractivity contribution < 1.29 is 18.7 Å². The van der Waals surface area contributed by atoms with Crippen LogP contribution in [-0.2, 0) is 9.59 Å². The van der Waals surface area contributed by atoms with E-state index in [2.05, 4.69) is 5.32 Å². The highest BCUT2D eigenvalue weighted by Crippen LogP contribution is 2.32. The number of nitrogens with one attached hydrogen (secondary N) is 1. The van der Waals surface area contributed by atoms with E-state index in [1.54, 1.807) is 31.4 Å². The normalized spacial score (nSPS) is 15.2. The van der Waals surface area contributed by atoms with E-state index in [0.717, 1.165) is 22.0 Å². The second kappa shape index (κ2) is 8.80. The third kappa shape index (κ3) is 4.15. The van der Waals surface area contributed by atoms with Gasteiger partial charge in [0.1, 0.15) is 17.1 Å². The minimum atomic E-state index is -0.639. The van der Waals surface area contributed by atoms with Crippen molar-refractivity contribution >= 4 is 52.5 Å². The smallest absolute Gasteiger partial charge is 0.270 e. The van der Waals surface area contributed by atoms with Crippen molar-refractivity contribution in [3.8, 4) is 11.4 Å². The molecule has 168 valence electrons. The van der Waals surface area contributed by atoms with Gasteiger partial charge >= 0.3 is 0 Å². The molecule has 0 aliphatic carbocycles. The first-order valence-electron chi connectivity index (χ1n) is 9.91. The summed E-state index contributed by atoms with van der Waals surface area (Å²) in [5.41, 5.74) is 3.11. The number of hydrogen-bond acceptors (Lipinski definition) is 4. The first-order valence-corrected chi connectivity index (χ1v) is 10.7. The zero-order valence-corrected chi connectivity index (χ0v) is 19.6. The molecule has 1 fully saturated rings. The molecule has 2 amide bonds. The fourth-order valence-corrected chi connectivity index (χ4v) is 4.25. The van der Waals surface area contributed by atoms with Crippen molar-refractivity contribution in [2.24, 2.45) is 0 Å². The van der Waals surface area contributed by atoms with Crippen LogP contribution in [0.2, 0.25) is 5.02 Å². The van der Waals surface area contributed by atoms with Crippen LogP contribution in [0.25, 0.3) is 11.8 Å². The Morgan fingerprint density at radius 2 is 1.88 bits per heavy atom. The summed E-state index contributed by atoms with van der Waals surface area (Å²) >= 11 is 11.4. The molecule has 4 rings (SSSR count). The molecular weight excluding hydrogens is 465 g/mol. The highest BCUT2D eigenvalue weighted by Gasteiger charge is 2.35. The molecule has 1 aliphatic rings. The maximum atomic E-state index is 13.7. The summed E-state index contributed by atoms with van der Waals surface area (Å²) in [7, 11) is 1.57. The lowest BCUT2D eigenvalue weighted by Crippen LogP contribution is -2.54. The zero-order valence-electron chi connectivity index (χ0n) is 18.0. The van der Waals surface area contributed by atoms with Gasteiger partial charge in [-0.15, -0.1) is 0 Å². The van der Waals surface area contributed by atoms with Crippen molar-refractivity contribution in [2.75, 3.05) is 12.0 Å². The second-order valence-corrected chi connectivity index (χ2v) is 8.24. The van der Waals surface area contributed by atoms with E-state index in [9.17, 15) is 14.0 Å². The lowest BCUT2D eigenvalue weighted by Gasteiger charge is -2.28. The summed E-state index contributed by atoms with van der Waals surface area (Å²) in [5.74, 6) is -1.17. The predicted octanol–water partition coefficient (Wildman–Crippen LogP) is 4.73. The lowest BCUT2D eigenvalue weighted by molar-refractivity contribution is -0.122. The maximum absolute atomic E-state index is 13.7. The molecule has 9 heteroatoms. The van der Waals surface area contributed by atoms with Crippen LogP contribution >= 0.6 is 23.8 Å². The van der Waals surface area contributed by atoms with Crippen LogP contribution in [0.1, 0.15) is 17.0 Å². The van der Waals surface area contributed by atoms with Gasteiger partial charge in [0.2, 0.25) is 0 Å². The summed E-state index contributed by atoms with van der Waals surface area (Å²) in [6, 6.07) is 12.6. The molecule has 0 bridgehead atoms. The number of rotatable bonds is 4. The number of anilines is 1. The maximum Gasteiger partial charge on any atom is 0.270 e. The van der Waals surface area contributed by atoms with Crippen LogP contribution in [0.5, 0.6) is 5.75 Å². The molecule has 1 N–H and O–H groups in total. The number of thiocarbonyl (C=S) groups is 1. The molecule has 0 atom stereocenters. The molecule has 1 aliphatic heterocycles. The number of amides is 2. The van der Waals surface area contributed by atoms with Gasteiger partial charge in [-0.05, 0) is 80.2 Å². The molecule has 0 spiro atoms. The van der Waals surface area contributed by atoms with Crippen LogP contribution < -0.4 is 15.0 Å². The minimum absolute atomic E-state index is 0.109. The predicted molar refractivity (Wildman–Crippen MR) is 129 cm³/mol. The highest BCUT2D eigenvalue weighted by molar-refractivity contribution is 7.80. The number of benzene rings is 2. The van der Waals surface area contributed by atoms with Gasteiger partial charge in [-0.3, -0.25) is 19.8 Å². The van der Waals surface area contributed by atoms with E-state index < -0.39 is 17.6 Å². The summed E-state index contributed by atoms with van der Waals surface area (Å²) in [4.78, 5) is 27.0. The number of nitrogens with zero attached hydrogens (tertiary/aromatic N) is 2. The Bertz CT molecular complexity index is 1350. The van der Waals surface area contributed by atoms with Crippen molar-refractivity contribution in [2.45, 2.75) is 13.8 Å². The summed E-state index contributed by atoms with van der Waals surface area (Å²) in [6.07, 6.45) is 1.50. The van der Waals surface area contributed by atoms with Crippen LogP contribution in [0.4, 0.5) is 10.1 Å². The first-order chi connectivity index (χ1) is 15.7. The first kappa shape index (κ1) is 22.7. The number of carbonyl (C=O) groups is 2. The van der Waals surface area contributed by atoms with E-state index in [-0.39, 0.29) is 16.4 Å².